The van der Waals surface area contributed by atoms with Crippen molar-refractivity contribution in [3.63, 3.8) is 0 Å². The average molecular weight is 344 g/mol. The van der Waals surface area contributed by atoms with Gasteiger partial charge in [0.05, 0.1) is 11.0 Å². The van der Waals surface area contributed by atoms with Gasteiger partial charge >= 0.3 is 0 Å². The van der Waals surface area contributed by atoms with Crippen molar-refractivity contribution in [3.8, 4) is 0 Å². The average Bonchev–Trinajstić information content (AvgIpc) is 2.85. The predicted octanol–water partition coefficient (Wildman–Crippen LogP) is 2.13. The molecule has 0 saturated heterocycles. The van der Waals surface area contributed by atoms with Crippen LogP contribution in [-0.2, 0) is 10.0 Å². The number of aryl methyl sites for hydroxylation is 1. The second-order valence-electron chi connectivity index (χ2n) is 4.06. The van der Waals surface area contributed by atoms with Crippen molar-refractivity contribution in [2.24, 2.45) is 0 Å². The van der Waals surface area contributed by atoms with E-state index in [0.717, 1.165) is 5.56 Å². The molecule has 5 nitrogen and oxygen atoms in total. The van der Waals surface area contributed by atoms with Crippen LogP contribution in [0.5, 0.6) is 0 Å². The number of halogens is 1. The van der Waals surface area contributed by atoms with Gasteiger partial charge in [-0.05, 0) is 12.5 Å². The summed E-state index contributed by atoms with van der Waals surface area (Å²) in [6.07, 6.45) is 1.31. The zero-order valence-corrected chi connectivity index (χ0v) is 12.7. The Labute approximate surface area is 120 Å². The monoisotopic (exact) mass is 343 g/mol. The minimum absolute atomic E-state index is 0.0764. The minimum atomic E-state index is -3.54. The van der Waals surface area contributed by atoms with E-state index in [4.69, 9.17) is 0 Å². The van der Waals surface area contributed by atoms with Gasteiger partial charge in [0.1, 0.15) is 5.82 Å². The Bertz CT molecular complexity index is 640. The van der Waals surface area contributed by atoms with Gasteiger partial charge in [0, 0.05) is 6.54 Å². The van der Waals surface area contributed by atoms with E-state index in [1.54, 1.807) is 6.92 Å². The molecule has 7 heteroatoms. The number of benzene rings is 1. The molecule has 0 aliphatic carbocycles. The summed E-state index contributed by atoms with van der Waals surface area (Å²) < 4.78 is 26.5. The van der Waals surface area contributed by atoms with E-state index < -0.39 is 10.0 Å². The summed E-state index contributed by atoms with van der Waals surface area (Å²) in [6.45, 7) is 1.97. The van der Waals surface area contributed by atoms with Crippen molar-refractivity contribution in [1.29, 1.82) is 0 Å². The number of aromatic nitrogens is 2. The summed E-state index contributed by atoms with van der Waals surface area (Å²) in [4.78, 5) is 6.51. The quantitative estimate of drug-likeness (QED) is 0.816. The van der Waals surface area contributed by atoms with E-state index in [2.05, 4.69) is 30.6 Å². The summed E-state index contributed by atoms with van der Waals surface area (Å²) in [5, 5.41) is 0.0813. The van der Waals surface area contributed by atoms with E-state index in [-0.39, 0.29) is 16.4 Å². The fourth-order valence-corrected chi connectivity index (χ4v) is 3.27. The molecule has 1 aromatic heterocycles. The van der Waals surface area contributed by atoms with Gasteiger partial charge in [0.25, 0.3) is 10.0 Å². The summed E-state index contributed by atoms with van der Waals surface area (Å²) >= 11 is 3.46. The molecular weight excluding hydrogens is 330 g/mol. The van der Waals surface area contributed by atoms with Crippen LogP contribution in [0, 0.1) is 6.92 Å². The lowest BCUT2D eigenvalue weighted by molar-refractivity contribution is 0.578. The molecule has 2 N–H and O–H groups in total. The summed E-state index contributed by atoms with van der Waals surface area (Å²) in [5.41, 5.74) is 1.02. The summed E-state index contributed by atoms with van der Waals surface area (Å²) in [6, 6.07) is 9.62. The Balaban J connectivity index is 2.03. The molecule has 0 aliphatic rings. The third-order valence-corrected chi connectivity index (χ3v) is 4.77. The third-order valence-electron chi connectivity index (χ3n) is 2.58. The Hall–Kier alpha value is -1.18. The molecular formula is C12H14BrN3O2S. The molecule has 0 bridgehead atoms. The highest BCUT2D eigenvalue weighted by molar-refractivity contribution is 9.09. The van der Waals surface area contributed by atoms with Crippen LogP contribution in [0.4, 0.5) is 0 Å². The Kier molecular flexibility index (Phi) is 4.38. The second kappa shape index (κ2) is 5.85. The van der Waals surface area contributed by atoms with Gasteiger partial charge in [-0.1, -0.05) is 46.3 Å². The first-order chi connectivity index (χ1) is 8.99. The first-order valence-electron chi connectivity index (χ1n) is 5.69. The molecule has 1 unspecified atom stereocenters. The highest BCUT2D eigenvalue weighted by Crippen LogP contribution is 2.21. The number of hydrogen-bond donors (Lipinski definition) is 2. The summed E-state index contributed by atoms with van der Waals surface area (Å²) in [5.74, 6) is 0.568. The molecule has 0 radical (unpaired) electrons. The van der Waals surface area contributed by atoms with E-state index in [9.17, 15) is 8.42 Å². The highest BCUT2D eigenvalue weighted by atomic mass is 79.9. The molecule has 0 saturated carbocycles. The number of aromatic amines is 1. The van der Waals surface area contributed by atoms with Gasteiger partial charge in [-0.2, -0.15) is 0 Å². The molecule has 2 rings (SSSR count). The Morgan fingerprint density at radius 3 is 2.63 bits per heavy atom. The Morgan fingerprint density at radius 2 is 2.05 bits per heavy atom. The number of nitrogens with zero attached hydrogens (tertiary/aromatic N) is 1. The van der Waals surface area contributed by atoms with Crippen LogP contribution in [0.1, 0.15) is 16.2 Å². The van der Waals surface area contributed by atoms with E-state index >= 15 is 0 Å². The van der Waals surface area contributed by atoms with E-state index in [1.807, 2.05) is 30.3 Å². The second-order valence-corrected chi connectivity index (χ2v) is 6.90. The van der Waals surface area contributed by atoms with Crippen molar-refractivity contribution < 1.29 is 8.42 Å². The van der Waals surface area contributed by atoms with Gasteiger partial charge < -0.3 is 4.98 Å². The molecule has 1 atom stereocenters. The lowest BCUT2D eigenvalue weighted by atomic mass is 10.2. The smallest absolute Gasteiger partial charge is 0.257 e. The van der Waals surface area contributed by atoms with E-state index in [0.29, 0.717) is 5.82 Å². The lowest BCUT2D eigenvalue weighted by Crippen LogP contribution is -2.27. The summed E-state index contributed by atoms with van der Waals surface area (Å²) in [7, 11) is -3.54. The maximum Gasteiger partial charge on any atom is 0.257 e. The largest absolute Gasteiger partial charge is 0.332 e. The van der Waals surface area contributed by atoms with Gasteiger partial charge in [-0.25, -0.2) is 18.1 Å². The van der Waals surface area contributed by atoms with Gasteiger partial charge in [-0.3, -0.25) is 0 Å². The van der Waals surface area contributed by atoms with Gasteiger partial charge in [-0.15, -0.1) is 0 Å². The number of nitrogens with one attached hydrogen (secondary N) is 2. The first-order valence-corrected chi connectivity index (χ1v) is 8.09. The molecule has 2 aromatic rings. The van der Waals surface area contributed by atoms with Crippen LogP contribution in [0.25, 0.3) is 0 Å². The zero-order chi connectivity index (χ0) is 13.9. The molecule has 0 amide bonds. The van der Waals surface area contributed by atoms with Crippen molar-refractivity contribution in [1.82, 2.24) is 14.7 Å². The van der Waals surface area contributed by atoms with Crippen molar-refractivity contribution in [2.45, 2.75) is 16.8 Å². The van der Waals surface area contributed by atoms with Crippen LogP contribution < -0.4 is 4.72 Å². The molecule has 0 spiro atoms. The SMILES string of the molecule is Cc1ncc(S(=O)(=O)NCC(Br)c2ccccc2)[nH]1. The Morgan fingerprint density at radius 1 is 1.37 bits per heavy atom. The van der Waals surface area contributed by atoms with Crippen molar-refractivity contribution in [3.05, 3.63) is 47.9 Å². The zero-order valence-electron chi connectivity index (χ0n) is 10.3. The van der Waals surface area contributed by atoms with Crippen LogP contribution in [0.2, 0.25) is 0 Å². The van der Waals surface area contributed by atoms with Crippen LogP contribution in [-0.4, -0.2) is 24.9 Å². The lowest BCUT2D eigenvalue weighted by Gasteiger charge is -2.11. The number of rotatable bonds is 5. The number of hydrogen-bond acceptors (Lipinski definition) is 3. The van der Waals surface area contributed by atoms with Crippen LogP contribution in [0.15, 0.2) is 41.6 Å². The highest BCUT2D eigenvalue weighted by Gasteiger charge is 2.18. The van der Waals surface area contributed by atoms with Crippen molar-refractivity contribution in [2.75, 3.05) is 6.54 Å². The normalized spacial score (nSPS) is 13.4. The first kappa shape index (κ1) is 14.2. The fourth-order valence-electron chi connectivity index (χ4n) is 1.58. The molecule has 0 aliphatic heterocycles. The minimum Gasteiger partial charge on any atom is -0.332 e. The predicted molar refractivity (Wildman–Crippen MR) is 76.6 cm³/mol. The molecule has 0 fully saturated rings. The number of alkyl halides is 1. The maximum absolute atomic E-state index is 12.0. The van der Waals surface area contributed by atoms with Crippen LogP contribution >= 0.6 is 15.9 Å². The molecule has 19 heavy (non-hydrogen) atoms. The number of sulfonamides is 1. The third kappa shape index (κ3) is 3.65. The number of imidazole rings is 1. The standard InChI is InChI=1S/C12H14BrN3O2S/c1-9-14-8-12(16-9)19(17,18)15-7-11(13)10-5-3-2-4-6-10/h2-6,8,11,15H,7H2,1H3,(H,14,16). The molecule has 102 valence electrons. The van der Waals surface area contributed by atoms with E-state index in [1.165, 1.54) is 6.20 Å². The number of H-pyrrole nitrogens is 1. The molecule has 1 heterocycles. The van der Waals surface area contributed by atoms with Gasteiger partial charge in [0.15, 0.2) is 5.03 Å². The van der Waals surface area contributed by atoms with Crippen LogP contribution in [0.3, 0.4) is 0 Å². The van der Waals surface area contributed by atoms with Crippen molar-refractivity contribution >= 4 is 26.0 Å². The topological polar surface area (TPSA) is 74.8 Å². The fraction of sp³-hybridized carbons (Fsp3) is 0.250. The maximum atomic E-state index is 12.0. The molecule has 1 aromatic carbocycles. The van der Waals surface area contributed by atoms with Gasteiger partial charge in [0.2, 0.25) is 0 Å².